The van der Waals surface area contributed by atoms with Gasteiger partial charge < -0.3 is 10.7 Å². The zero-order valence-corrected chi connectivity index (χ0v) is 11.2. The van der Waals surface area contributed by atoms with Crippen molar-refractivity contribution in [1.82, 2.24) is 14.9 Å². The first-order valence-corrected chi connectivity index (χ1v) is 6.69. The second kappa shape index (κ2) is 5.87. The number of aromatic amines is 1. The van der Waals surface area contributed by atoms with Crippen molar-refractivity contribution < 1.29 is 0 Å². The minimum Gasteiger partial charge on any atom is -0.399 e. The molecule has 0 aliphatic carbocycles. The number of anilines is 1. The molecule has 98 valence electrons. The van der Waals surface area contributed by atoms with Crippen molar-refractivity contribution in [1.29, 1.82) is 0 Å². The maximum Gasteiger partial charge on any atom is 0.121 e. The van der Waals surface area contributed by atoms with E-state index in [4.69, 9.17) is 5.73 Å². The first-order chi connectivity index (χ1) is 8.72. The molecular formula is C14H22N4. The van der Waals surface area contributed by atoms with Gasteiger partial charge in [-0.15, -0.1) is 0 Å². The van der Waals surface area contributed by atoms with E-state index in [1.807, 2.05) is 18.2 Å². The van der Waals surface area contributed by atoms with Crippen LogP contribution >= 0.6 is 0 Å². The van der Waals surface area contributed by atoms with Gasteiger partial charge in [-0.05, 0) is 37.7 Å². The number of fused-ring (bicyclic) bond motifs is 1. The smallest absolute Gasteiger partial charge is 0.121 e. The van der Waals surface area contributed by atoms with E-state index in [1.54, 1.807) is 0 Å². The second-order valence-electron chi connectivity index (χ2n) is 4.68. The van der Waals surface area contributed by atoms with Crippen LogP contribution in [0.5, 0.6) is 0 Å². The number of nitrogens with zero attached hydrogens (tertiary/aromatic N) is 2. The third-order valence-corrected chi connectivity index (χ3v) is 3.20. The van der Waals surface area contributed by atoms with Gasteiger partial charge in [0, 0.05) is 5.69 Å². The van der Waals surface area contributed by atoms with Crippen LogP contribution in [0, 0.1) is 0 Å². The van der Waals surface area contributed by atoms with Gasteiger partial charge in [0.25, 0.3) is 0 Å². The number of hydrogen-bond acceptors (Lipinski definition) is 3. The van der Waals surface area contributed by atoms with Crippen LogP contribution < -0.4 is 5.73 Å². The molecule has 0 amide bonds. The lowest BCUT2D eigenvalue weighted by molar-refractivity contribution is 0.269. The van der Waals surface area contributed by atoms with E-state index in [9.17, 15) is 0 Å². The number of nitrogen functional groups attached to an aromatic ring is 1. The van der Waals surface area contributed by atoms with Crippen LogP contribution in [-0.4, -0.2) is 28.0 Å². The largest absolute Gasteiger partial charge is 0.399 e. The normalized spacial score (nSPS) is 11.5. The summed E-state index contributed by atoms with van der Waals surface area (Å²) >= 11 is 0. The number of rotatable bonds is 6. The number of nitrogens with one attached hydrogen (secondary N) is 1. The van der Waals surface area contributed by atoms with E-state index < -0.39 is 0 Å². The van der Waals surface area contributed by atoms with Crippen molar-refractivity contribution in [2.45, 2.75) is 33.2 Å². The minimum atomic E-state index is 0.774. The number of imidazole rings is 1. The number of nitrogens with two attached hydrogens (primary N) is 1. The van der Waals surface area contributed by atoms with Crippen molar-refractivity contribution in [3.05, 3.63) is 24.0 Å². The van der Waals surface area contributed by atoms with Gasteiger partial charge in [0.2, 0.25) is 0 Å². The molecule has 0 spiro atoms. The standard InChI is InChI=1S/C14H22N4/c1-3-5-8-18(4-2)10-14-16-12-7-6-11(15)9-13(12)17-14/h6-7,9H,3-5,8,10,15H2,1-2H3,(H,16,17). The molecule has 0 unspecified atom stereocenters. The van der Waals surface area contributed by atoms with Crippen molar-refractivity contribution >= 4 is 16.7 Å². The highest BCUT2D eigenvalue weighted by Crippen LogP contribution is 2.15. The molecule has 3 N–H and O–H groups in total. The summed E-state index contributed by atoms with van der Waals surface area (Å²) in [7, 11) is 0. The monoisotopic (exact) mass is 246 g/mol. The zero-order chi connectivity index (χ0) is 13.0. The molecule has 2 aromatic rings. The molecule has 0 fully saturated rings. The summed E-state index contributed by atoms with van der Waals surface area (Å²) in [6, 6.07) is 5.79. The summed E-state index contributed by atoms with van der Waals surface area (Å²) in [5, 5.41) is 0. The molecule has 1 aromatic heterocycles. The number of H-pyrrole nitrogens is 1. The molecule has 0 atom stereocenters. The Bertz CT molecular complexity index is 503. The number of hydrogen-bond donors (Lipinski definition) is 2. The molecule has 0 bridgehead atoms. The maximum atomic E-state index is 5.77. The second-order valence-corrected chi connectivity index (χ2v) is 4.68. The molecule has 0 radical (unpaired) electrons. The zero-order valence-electron chi connectivity index (χ0n) is 11.2. The van der Waals surface area contributed by atoms with Gasteiger partial charge >= 0.3 is 0 Å². The van der Waals surface area contributed by atoms with Gasteiger partial charge in [-0.25, -0.2) is 4.98 Å². The molecule has 1 heterocycles. The highest BCUT2D eigenvalue weighted by atomic mass is 15.1. The lowest BCUT2D eigenvalue weighted by Gasteiger charge is -2.18. The first-order valence-electron chi connectivity index (χ1n) is 6.69. The number of aromatic nitrogens is 2. The predicted molar refractivity (Wildman–Crippen MR) is 76.4 cm³/mol. The Morgan fingerprint density at radius 1 is 1.33 bits per heavy atom. The van der Waals surface area contributed by atoms with E-state index in [0.717, 1.165) is 42.2 Å². The summed E-state index contributed by atoms with van der Waals surface area (Å²) in [5.74, 6) is 1.02. The molecule has 2 rings (SSSR count). The summed E-state index contributed by atoms with van der Waals surface area (Å²) in [6.07, 6.45) is 2.47. The fraction of sp³-hybridized carbons (Fsp3) is 0.500. The molecule has 0 saturated carbocycles. The number of unbranched alkanes of at least 4 members (excludes halogenated alkanes) is 1. The van der Waals surface area contributed by atoms with E-state index in [0.29, 0.717) is 0 Å². The van der Waals surface area contributed by atoms with Crippen molar-refractivity contribution in [2.75, 3.05) is 18.8 Å². The minimum absolute atomic E-state index is 0.774. The summed E-state index contributed by atoms with van der Waals surface area (Å²) in [6.45, 7) is 7.48. The Morgan fingerprint density at radius 3 is 2.89 bits per heavy atom. The SMILES string of the molecule is CCCCN(CC)Cc1nc2ccc(N)cc2[nH]1. The maximum absolute atomic E-state index is 5.77. The van der Waals surface area contributed by atoms with Crippen molar-refractivity contribution in [3.8, 4) is 0 Å². The molecule has 18 heavy (non-hydrogen) atoms. The first kappa shape index (κ1) is 12.9. The van der Waals surface area contributed by atoms with Gasteiger partial charge in [0.05, 0.1) is 17.6 Å². The molecule has 0 aliphatic rings. The fourth-order valence-electron chi connectivity index (χ4n) is 2.10. The van der Waals surface area contributed by atoms with Crippen molar-refractivity contribution in [3.63, 3.8) is 0 Å². The van der Waals surface area contributed by atoms with E-state index in [1.165, 1.54) is 12.8 Å². The predicted octanol–water partition coefficient (Wildman–Crippen LogP) is 2.77. The summed E-state index contributed by atoms with van der Waals surface area (Å²) in [4.78, 5) is 10.3. The lowest BCUT2D eigenvalue weighted by atomic mass is 10.3. The Kier molecular flexibility index (Phi) is 4.20. The number of benzene rings is 1. The van der Waals surface area contributed by atoms with Gasteiger partial charge in [-0.1, -0.05) is 20.3 Å². The molecule has 0 aliphatic heterocycles. The topological polar surface area (TPSA) is 57.9 Å². The van der Waals surface area contributed by atoms with Crippen LogP contribution in [0.1, 0.15) is 32.5 Å². The molecular weight excluding hydrogens is 224 g/mol. The van der Waals surface area contributed by atoms with Crippen LogP contribution in [0.4, 0.5) is 5.69 Å². The quantitative estimate of drug-likeness (QED) is 0.770. The van der Waals surface area contributed by atoms with Gasteiger partial charge in [0.15, 0.2) is 0 Å². The van der Waals surface area contributed by atoms with Crippen molar-refractivity contribution in [2.24, 2.45) is 0 Å². The van der Waals surface area contributed by atoms with E-state index in [2.05, 4.69) is 28.7 Å². The van der Waals surface area contributed by atoms with Crippen LogP contribution in [0.25, 0.3) is 11.0 Å². The third-order valence-electron chi connectivity index (χ3n) is 3.20. The van der Waals surface area contributed by atoms with Crippen LogP contribution in [-0.2, 0) is 6.54 Å². The fourth-order valence-corrected chi connectivity index (χ4v) is 2.10. The summed E-state index contributed by atoms with van der Waals surface area (Å²) < 4.78 is 0. The molecule has 4 nitrogen and oxygen atoms in total. The van der Waals surface area contributed by atoms with E-state index in [-0.39, 0.29) is 0 Å². The Hall–Kier alpha value is -1.55. The average molecular weight is 246 g/mol. The van der Waals surface area contributed by atoms with Crippen LogP contribution in [0.2, 0.25) is 0 Å². The Morgan fingerprint density at radius 2 is 2.17 bits per heavy atom. The van der Waals surface area contributed by atoms with Gasteiger partial charge in [0.1, 0.15) is 5.82 Å². The average Bonchev–Trinajstić information content (AvgIpc) is 2.75. The summed E-state index contributed by atoms with van der Waals surface area (Å²) in [5.41, 5.74) is 8.56. The Labute approximate surface area is 108 Å². The molecule has 0 saturated heterocycles. The van der Waals surface area contributed by atoms with Crippen LogP contribution in [0.3, 0.4) is 0 Å². The molecule has 1 aromatic carbocycles. The van der Waals surface area contributed by atoms with E-state index >= 15 is 0 Å². The Balaban J connectivity index is 2.10. The van der Waals surface area contributed by atoms with Gasteiger partial charge in [-0.2, -0.15) is 0 Å². The molecule has 4 heteroatoms. The highest BCUT2D eigenvalue weighted by Gasteiger charge is 2.07. The highest BCUT2D eigenvalue weighted by molar-refractivity contribution is 5.78. The third kappa shape index (κ3) is 3.01. The van der Waals surface area contributed by atoms with Gasteiger partial charge in [-0.3, -0.25) is 4.90 Å². The van der Waals surface area contributed by atoms with Crippen LogP contribution in [0.15, 0.2) is 18.2 Å². The lowest BCUT2D eigenvalue weighted by Crippen LogP contribution is -2.24.